The number of sulfonamides is 1. The van der Waals surface area contributed by atoms with Crippen molar-refractivity contribution in [2.24, 2.45) is 0 Å². The molecule has 1 heterocycles. The minimum atomic E-state index is -4.66. The van der Waals surface area contributed by atoms with E-state index in [9.17, 15) is 36.0 Å². The number of carbonyl (C=O) groups is 3. The van der Waals surface area contributed by atoms with Gasteiger partial charge >= 0.3 is 18.2 Å². The Morgan fingerprint density at radius 1 is 0.979 bits per heavy atom. The van der Waals surface area contributed by atoms with Crippen molar-refractivity contribution in [2.75, 3.05) is 38.2 Å². The van der Waals surface area contributed by atoms with Gasteiger partial charge in [0.15, 0.2) is 6.61 Å². The molecule has 15 heteroatoms. The molecule has 3 aromatic rings. The van der Waals surface area contributed by atoms with E-state index in [4.69, 9.17) is 9.47 Å². The molecule has 4 rings (SSSR count). The predicted molar refractivity (Wildman–Crippen MR) is 171 cm³/mol. The molecule has 2 N–H and O–H groups in total. The Morgan fingerprint density at radius 2 is 1.67 bits per heavy atom. The zero-order chi connectivity index (χ0) is 35.1. The van der Waals surface area contributed by atoms with Crippen LogP contribution in [0.3, 0.4) is 0 Å². The molecule has 0 bridgehead atoms. The second-order valence-corrected chi connectivity index (χ2v) is 13.2. The maximum absolute atomic E-state index is 13.7. The fourth-order valence-corrected chi connectivity index (χ4v) is 6.51. The molecular formula is C33H37F3N4O7S. The van der Waals surface area contributed by atoms with Crippen molar-refractivity contribution in [3.63, 3.8) is 0 Å². The van der Waals surface area contributed by atoms with Gasteiger partial charge in [0.1, 0.15) is 11.8 Å². The van der Waals surface area contributed by atoms with Crippen LogP contribution in [0.2, 0.25) is 0 Å². The summed E-state index contributed by atoms with van der Waals surface area (Å²) < 4.78 is 78.0. The van der Waals surface area contributed by atoms with Crippen molar-refractivity contribution in [1.82, 2.24) is 14.5 Å². The summed E-state index contributed by atoms with van der Waals surface area (Å²) in [6.07, 6.45) is -4.66. The van der Waals surface area contributed by atoms with Crippen LogP contribution in [-0.2, 0) is 37.1 Å². The Bertz CT molecular complexity index is 1700. The Kier molecular flexibility index (Phi) is 11.7. The first-order valence-electron chi connectivity index (χ1n) is 15.2. The fraction of sp³-hybridized carbons (Fsp3) is 0.364. The van der Waals surface area contributed by atoms with Gasteiger partial charge < -0.3 is 25.0 Å². The van der Waals surface area contributed by atoms with Gasteiger partial charge in [-0.3, -0.25) is 4.79 Å². The lowest BCUT2D eigenvalue weighted by Crippen LogP contribution is -2.61. The van der Waals surface area contributed by atoms with Crippen LogP contribution in [-0.4, -0.2) is 74.4 Å². The number of benzene rings is 3. The third-order valence-electron chi connectivity index (χ3n) is 7.57. The number of nitrogens with zero attached hydrogens (tertiary/aromatic N) is 2. The average Bonchev–Trinajstić information content (AvgIpc) is 3.06. The molecule has 1 aliphatic rings. The first-order chi connectivity index (χ1) is 22.7. The second kappa shape index (κ2) is 15.5. The Labute approximate surface area is 277 Å². The molecule has 0 spiro atoms. The fourth-order valence-electron chi connectivity index (χ4n) is 4.94. The molecule has 48 heavy (non-hydrogen) atoms. The van der Waals surface area contributed by atoms with Gasteiger partial charge in [-0.2, -0.15) is 17.5 Å². The van der Waals surface area contributed by atoms with Gasteiger partial charge in [0.05, 0.1) is 17.1 Å². The molecule has 3 aromatic carbocycles. The molecule has 1 saturated heterocycles. The molecule has 3 amide bonds. The van der Waals surface area contributed by atoms with Gasteiger partial charge in [0, 0.05) is 37.9 Å². The number of ether oxygens (including phenoxy) is 2. The van der Waals surface area contributed by atoms with Crippen molar-refractivity contribution in [3.05, 3.63) is 89.5 Å². The van der Waals surface area contributed by atoms with Crippen LogP contribution in [0.5, 0.6) is 5.75 Å². The van der Waals surface area contributed by atoms with Crippen LogP contribution in [0.1, 0.15) is 43.4 Å². The first kappa shape index (κ1) is 36.2. The molecule has 258 valence electrons. The lowest BCUT2D eigenvalue weighted by molar-refractivity contribution is -0.145. The van der Waals surface area contributed by atoms with Crippen molar-refractivity contribution < 1.29 is 45.4 Å². The minimum Gasteiger partial charge on any atom is -0.482 e. The molecule has 0 saturated carbocycles. The highest BCUT2D eigenvalue weighted by atomic mass is 32.2. The van der Waals surface area contributed by atoms with Crippen molar-refractivity contribution in [2.45, 2.75) is 50.3 Å². The van der Waals surface area contributed by atoms with E-state index in [2.05, 4.69) is 10.6 Å². The highest BCUT2D eigenvalue weighted by Crippen LogP contribution is 2.31. The number of rotatable bonds is 11. The van der Waals surface area contributed by atoms with Gasteiger partial charge in [-0.1, -0.05) is 44.2 Å². The Hall–Kier alpha value is -4.63. The quantitative estimate of drug-likeness (QED) is 0.271. The number of anilines is 1. The van der Waals surface area contributed by atoms with Crippen molar-refractivity contribution in [1.29, 1.82) is 0 Å². The van der Waals surface area contributed by atoms with E-state index < -0.39 is 50.6 Å². The highest BCUT2D eigenvalue weighted by Gasteiger charge is 2.42. The molecule has 0 aromatic heterocycles. The highest BCUT2D eigenvalue weighted by molar-refractivity contribution is 7.89. The van der Waals surface area contributed by atoms with E-state index >= 15 is 0 Å². The molecule has 11 nitrogen and oxygen atoms in total. The van der Waals surface area contributed by atoms with Gasteiger partial charge in [-0.05, 0) is 60.4 Å². The average molecular weight is 691 g/mol. The van der Waals surface area contributed by atoms with Gasteiger partial charge in [-0.15, -0.1) is 0 Å². The number of amides is 3. The van der Waals surface area contributed by atoms with E-state index in [-0.39, 0.29) is 45.1 Å². The van der Waals surface area contributed by atoms with E-state index in [0.29, 0.717) is 23.7 Å². The normalized spacial score (nSPS) is 15.6. The zero-order valence-corrected chi connectivity index (χ0v) is 27.4. The number of hydrogen-bond donors (Lipinski definition) is 2. The number of piperazine rings is 1. The number of nitrogens with one attached hydrogen (secondary N) is 2. The summed E-state index contributed by atoms with van der Waals surface area (Å²) >= 11 is 0. The smallest absolute Gasteiger partial charge is 0.416 e. The number of hydrogen-bond acceptors (Lipinski definition) is 7. The molecule has 1 aliphatic heterocycles. The van der Waals surface area contributed by atoms with Gasteiger partial charge in [-0.25, -0.2) is 18.0 Å². The standard InChI is InChI=1S/C33H37F3N4O7S/c1-4-46-30(41)21-47-27-7-5-6-26(18-27)38-32(43)39-16-17-40(48(44,45)28-14-12-25(13-15-28)33(34,35)36)29(20-39)31(42)37-19-23-8-10-24(11-9-23)22(2)3/h5-15,18,22,29H,4,16-17,19-21H2,1-3H3,(H,37,42)(H,38,43). The van der Waals surface area contributed by atoms with E-state index in [1.807, 2.05) is 38.1 Å². The minimum absolute atomic E-state index is 0.0761. The molecule has 1 atom stereocenters. The van der Waals surface area contributed by atoms with Crippen molar-refractivity contribution >= 4 is 33.6 Å². The van der Waals surface area contributed by atoms with Gasteiger partial charge in [0.25, 0.3) is 0 Å². The predicted octanol–water partition coefficient (Wildman–Crippen LogP) is 4.99. The number of carbonyl (C=O) groups excluding carboxylic acids is 3. The monoisotopic (exact) mass is 690 g/mol. The van der Waals surface area contributed by atoms with E-state index in [1.54, 1.807) is 25.1 Å². The Morgan fingerprint density at radius 3 is 2.29 bits per heavy atom. The summed E-state index contributed by atoms with van der Waals surface area (Å²) in [7, 11) is -4.46. The number of alkyl halides is 3. The maximum Gasteiger partial charge on any atom is 0.416 e. The summed E-state index contributed by atoms with van der Waals surface area (Å²) in [5, 5.41) is 5.43. The van der Waals surface area contributed by atoms with Crippen LogP contribution < -0.4 is 15.4 Å². The van der Waals surface area contributed by atoms with Gasteiger partial charge in [0.2, 0.25) is 15.9 Å². The topological polar surface area (TPSA) is 134 Å². The van der Waals surface area contributed by atoms with E-state index in [0.717, 1.165) is 27.6 Å². The second-order valence-electron chi connectivity index (χ2n) is 11.3. The zero-order valence-electron chi connectivity index (χ0n) is 26.6. The summed E-state index contributed by atoms with van der Waals surface area (Å²) in [6, 6.07) is 14.8. The molecular weight excluding hydrogens is 653 g/mol. The van der Waals surface area contributed by atoms with Crippen molar-refractivity contribution in [3.8, 4) is 5.75 Å². The van der Waals surface area contributed by atoms with Crippen LogP contribution in [0.15, 0.2) is 77.7 Å². The third-order valence-corrected chi connectivity index (χ3v) is 9.49. The summed E-state index contributed by atoms with van der Waals surface area (Å²) in [5.41, 5.74) is 1.16. The lowest BCUT2D eigenvalue weighted by Gasteiger charge is -2.39. The summed E-state index contributed by atoms with van der Waals surface area (Å²) in [5.74, 6) is -0.665. The van der Waals surface area contributed by atoms with Crippen LogP contribution in [0, 0.1) is 0 Å². The lowest BCUT2D eigenvalue weighted by atomic mass is 10.0. The molecule has 0 radical (unpaired) electrons. The van der Waals surface area contributed by atoms with Crippen LogP contribution in [0.25, 0.3) is 0 Å². The molecule has 1 unspecified atom stereocenters. The number of esters is 1. The first-order valence-corrected chi connectivity index (χ1v) is 16.6. The summed E-state index contributed by atoms with van der Waals surface area (Å²) in [4.78, 5) is 39.4. The number of urea groups is 1. The molecule has 1 fully saturated rings. The van der Waals surface area contributed by atoms with Crippen LogP contribution >= 0.6 is 0 Å². The Balaban J connectivity index is 1.52. The largest absolute Gasteiger partial charge is 0.482 e. The molecule has 0 aliphatic carbocycles. The van der Waals surface area contributed by atoms with Crippen LogP contribution in [0.4, 0.5) is 23.7 Å². The van der Waals surface area contributed by atoms with E-state index in [1.165, 1.54) is 11.0 Å². The maximum atomic E-state index is 13.7. The summed E-state index contributed by atoms with van der Waals surface area (Å²) in [6.45, 7) is 4.92. The number of halogens is 3. The SMILES string of the molecule is CCOC(=O)COc1cccc(NC(=O)N2CCN(S(=O)(=O)c3ccc(C(F)(F)F)cc3)C(C(=O)NCc3ccc(C(C)C)cc3)C2)c1. The third kappa shape index (κ3) is 9.25.